The Morgan fingerprint density at radius 2 is 0.650 bits per heavy atom. The molecule has 188 valence electrons. The van der Waals surface area contributed by atoms with Crippen LogP contribution in [0, 0.1) is 13.8 Å². The molecule has 0 unspecified atom stereocenters. The topological polar surface area (TPSA) is 0 Å². The van der Waals surface area contributed by atoms with Gasteiger partial charge in [-0.2, -0.15) is 0 Å². The van der Waals surface area contributed by atoms with Crippen molar-refractivity contribution in [2.24, 2.45) is 0 Å². The van der Waals surface area contributed by atoms with E-state index in [2.05, 4.69) is 147 Å². The molecule has 8 aromatic rings. The highest BCUT2D eigenvalue weighted by Crippen LogP contribution is 2.45. The first-order valence-electron chi connectivity index (χ1n) is 14.0. The maximum atomic E-state index is 2.39. The van der Waals surface area contributed by atoms with Gasteiger partial charge in [0.2, 0.25) is 0 Å². The largest absolute Gasteiger partial charge is 0.0616 e. The Morgan fingerprint density at radius 1 is 0.300 bits per heavy atom. The second kappa shape index (κ2) is 8.79. The molecule has 0 aliphatic heterocycles. The van der Waals surface area contributed by atoms with Gasteiger partial charge in [0.1, 0.15) is 0 Å². The molecular formula is C40H28. The Hall–Kier alpha value is -4.94. The minimum absolute atomic E-state index is 1.28. The van der Waals surface area contributed by atoms with E-state index >= 15 is 0 Å². The highest BCUT2D eigenvalue weighted by atomic mass is 14.2. The van der Waals surface area contributed by atoms with Crippen LogP contribution >= 0.6 is 0 Å². The van der Waals surface area contributed by atoms with Gasteiger partial charge < -0.3 is 0 Å². The molecule has 0 saturated carbocycles. The van der Waals surface area contributed by atoms with Gasteiger partial charge >= 0.3 is 0 Å². The fourth-order valence-electron chi connectivity index (χ4n) is 6.84. The van der Waals surface area contributed by atoms with Crippen LogP contribution in [0.1, 0.15) is 11.1 Å². The van der Waals surface area contributed by atoms with Crippen LogP contribution in [0.25, 0.3) is 76.1 Å². The van der Waals surface area contributed by atoms with Gasteiger partial charge in [0, 0.05) is 0 Å². The molecule has 0 amide bonds. The van der Waals surface area contributed by atoms with E-state index in [9.17, 15) is 0 Å². The van der Waals surface area contributed by atoms with Crippen LogP contribution in [0.15, 0.2) is 133 Å². The summed E-state index contributed by atoms with van der Waals surface area (Å²) in [6, 6.07) is 49.3. The molecule has 0 spiro atoms. The number of benzene rings is 8. The zero-order valence-electron chi connectivity index (χ0n) is 22.7. The molecule has 0 heterocycles. The summed E-state index contributed by atoms with van der Waals surface area (Å²) >= 11 is 0. The zero-order chi connectivity index (χ0) is 26.8. The third kappa shape index (κ3) is 3.33. The minimum atomic E-state index is 1.28. The molecule has 40 heavy (non-hydrogen) atoms. The summed E-state index contributed by atoms with van der Waals surface area (Å²) < 4.78 is 0. The number of fused-ring (bicyclic) bond motifs is 7. The molecule has 0 atom stereocenters. The lowest BCUT2D eigenvalue weighted by Gasteiger charge is -2.20. The standard InChI is InChI=1S/C40H28/c1-25-19-20-26(2)40-36(38-24-28-12-4-6-14-30(28)32-16-8-10-18-34(32)38)22-21-35(39(25)40)37-23-27-11-3-5-13-29(27)31-15-7-9-17-33(31)37/h3-24H,1-2H3. The average molecular weight is 509 g/mol. The van der Waals surface area contributed by atoms with Gasteiger partial charge in [-0.25, -0.2) is 0 Å². The normalized spacial score (nSPS) is 11.8. The van der Waals surface area contributed by atoms with Crippen molar-refractivity contribution in [2.45, 2.75) is 13.8 Å². The number of hydrogen-bond acceptors (Lipinski definition) is 0. The maximum Gasteiger partial charge on any atom is -0.00670 e. The van der Waals surface area contributed by atoms with Crippen molar-refractivity contribution in [3.8, 4) is 22.3 Å². The Morgan fingerprint density at radius 3 is 1.07 bits per heavy atom. The lowest BCUT2D eigenvalue weighted by molar-refractivity contribution is 1.46. The summed E-state index contributed by atoms with van der Waals surface area (Å²) in [5, 5.41) is 13.1. The van der Waals surface area contributed by atoms with E-state index in [-0.39, 0.29) is 0 Å². The predicted molar refractivity (Wildman–Crippen MR) is 174 cm³/mol. The smallest absolute Gasteiger partial charge is 0.00670 e. The van der Waals surface area contributed by atoms with Crippen LogP contribution in [-0.4, -0.2) is 0 Å². The monoisotopic (exact) mass is 508 g/mol. The van der Waals surface area contributed by atoms with Crippen LogP contribution in [0.2, 0.25) is 0 Å². The van der Waals surface area contributed by atoms with Gasteiger partial charge in [-0.15, -0.1) is 0 Å². The number of hydrogen-bond donors (Lipinski definition) is 0. The average Bonchev–Trinajstić information content (AvgIpc) is 3.01. The lowest BCUT2D eigenvalue weighted by Crippen LogP contribution is -1.93. The summed E-state index contributed by atoms with van der Waals surface area (Å²) in [6.45, 7) is 4.52. The third-order valence-electron chi connectivity index (χ3n) is 8.69. The van der Waals surface area contributed by atoms with Crippen molar-refractivity contribution < 1.29 is 0 Å². The van der Waals surface area contributed by atoms with E-state index in [4.69, 9.17) is 0 Å². The molecule has 8 aromatic carbocycles. The van der Waals surface area contributed by atoms with Crippen LogP contribution in [0.4, 0.5) is 0 Å². The second-order valence-corrected chi connectivity index (χ2v) is 11.0. The van der Waals surface area contributed by atoms with Crippen LogP contribution in [-0.2, 0) is 0 Å². The third-order valence-corrected chi connectivity index (χ3v) is 8.69. The minimum Gasteiger partial charge on any atom is -0.0616 e. The SMILES string of the molecule is Cc1ccc(C)c2c(-c3cc4ccccc4c4ccccc34)ccc(-c3cc4ccccc4c4ccccc34)c12. The van der Waals surface area contributed by atoms with E-state index in [0.717, 1.165) is 0 Å². The molecule has 0 aromatic heterocycles. The second-order valence-electron chi connectivity index (χ2n) is 11.0. The molecule has 0 saturated heterocycles. The van der Waals surface area contributed by atoms with E-state index in [0.29, 0.717) is 0 Å². The first-order valence-corrected chi connectivity index (χ1v) is 14.0. The van der Waals surface area contributed by atoms with E-state index in [1.807, 2.05) is 0 Å². The summed E-state index contributed by atoms with van der Waals surface area (Å²) in [7, 11) is 0. The lowest BCUT2D eigenvalue weighted by atomic mass is 9.84. The predicted octanol–water partition coefficient (Wildman–Crippen LogP) is 11.4. The zero-order valence-corrected chi connectivity index (χ0v) is 22.7. The first-order chi connectivity index (χ1) is 19.7. The molecule has 0 fully saturated rings. The Bertz CT molecular complexity index is 2120. The molecule has 0 aliphatic carbocycles. The van der Waals surface area contributed by atoms with Crippen molar-refractivity contribution in [3.05, 3.63) is 145 Å². The van der Waals surface area contributed by atoms with Crippen molar-refractivity contribution in [2.75, 3.05) is 0 Å². The van der Waals surface area contributed by atoms with Crippen LogP contribution in [0.5, 0.6) is 0 Å². The molecule has 8 rings (SSSR count). The van der Waals surface area contributed by atoms with Crippen molar-refractivity contribution in [1.29, 1.82) is 0 Å². The first kappa shape index (κ1) is 23.0. The fourth-order valence-corrected chi connectivity index (χ4v) is 6.84. The van der Waals surface area contributed by atoms with Gasteiger partial charge in [0.05, 0.1) is 0 Å². The molecule has 0 bridgehead atoms. The Labute approximate surface area is 234 Å². The van der Waals surface area contributed by atoms with Gasteiger partial charge in [-0.3, -0.25) is 0 Å². The Balaban J connectivity index is 1.51. The van der Waals surface area contributed by atoms with E-state index in [1.165, 1.54) is 87.2 Å². The molecule has 0 aliphatic rings. The summed E-state index contributed by atoms with van der Waals surface area (Å²) in [6.07, 6.45) is 0. The van der Waals surface area contributed by atoms with E-state index < -0.39 is 0 Å². The number of aryl methyl sites for hydroxylation is 2. The van der Waals surface area contributed by atoms with Crippen molar-refractivity contribution in [3.63, 3.8) is 0 Å². The van der Waals surface area contributed by atoms with Gasteiger partial charge in [0.25, 0.3) is 0 Å². The van der Waals surface area contributed by atoms with Gasteiger partial charge in [-0.05, 0) is 113 Å². The highest BCUT2D eigenvalue weighted by Gasteiger charge is 2.18. The summed E-state index contributed by atoms with van der Waals surface area (Å²) in [4.78, 5) is 0. The number of rotatable bonds is 2. The summed E-state index contributed by atoms with van der Waals surface area (Å²) in [5.41, 5.74) is 7.80. The fraction of sp³-hybridized carbons (Fsp3) is 0.0500. The van der Waals surface area contributed by atoms with Gasteiger partial charge in [0.15, 0.2) is 0 Å². The van der Waals surface area contributed by atoms with Crippen molar-refractivity contribution >= 4 is 53.9 Å². The highest BCUT2D eigenvalue weighted by molar-refractivity contribution is 6.21. The molecule has 0 N–H and O–H groups in total. The molecule has 0 heteroatoms. The van der Waals surface area contributed by atoms with E-state index in [1.54, 1.807) is 0 Å². The molecular weight excluding hydrogens is 480 g/mol. The van der Waals surface area contributed by atoms with Crippen molar-refractivity contribution in [1.82, 2.24) is 0 Å². The van der Waals surface area contributed by atoms with Crippen LogP contribution < -0.4 is 0 Å². The summed E-state index contributed by atoms with van der Waals surface area (Å²) in [5.74, 6) is 0. The molecule has 0 nitrogen and oxygen atoms in total. The maximum absolute atomic E-state index is 2.39. The molecule has 0 radical (unpaired) electrons. The Kier molecular flexibility index (Phi) is 5.06. The quantitative estimate of drug-likeness (QED) is 0.204. The van der Waals surface area contributed by atoms with Crippen LogP contribution in [0.3, 0.4) is 0 Å². The van der Waals surface area contributed by atoms with Gasteiger partial charge in [-0.1, -0.05) is 121 Å².